The van der Waals surface area contributed by atoms with Gasteiger partial charge in [0.1, 0.15) is 29.7 Å². The van der Waals surface area contributed by atoms with Gasteiger partial charge >= 0.3 is 0 Å². The van der Waals surface area contributed by atoms with E-state index in [1.165, 1.54) is 12.7 Å². The molecule has 1 saturated heterocycles. The van der Waals surface area contributed by atoms with Crippen molar-refractivity contribution in [2.75, 3.05) is 5.73 Å². The Morgan fingerprint density at radius 1 is 1.18 bits per heavy atom. The van der Waals surface area contributed by atoms with Crippen molar-refractivity contribution in [3.05, 3.63) is 48.5 Å². The second kappa shape index (κ2) is 6.49. The number of hydrogen-bond donors (Lipinski definition) is 3. The topological polar surface area (TPSA) is 129 Å². The first-order chi connectivity index (χ1) is 13.6. The molecular formula is C19H21N5O4. The third-order valence-corrected chi connectivity index (χ3v) is 5.65. The fourth-order valence-corrected chi connectivity index (χ4v) is 4.08. The van der Waals surface area contributed by atoms with Crippen molar-refractivity contribution < 1.29 is 19.7 Å². The van der Waals surface area contributed by atoms with Gasteiger partial charge in [-0.2, -0.15) is 0 Å². The summed E-state index contributed by atoms with van der Waals surface area (Å²) in [5.74, 6) is 0.254. The lowest BCUT2D eigenvalue weighted by molar-refractivity contribution is -0.204. The predicted octanol–water partition coefficient (Wildman–Crippen LogP) is 0.777. The maximum atomic E-state index is 10.6. The highest BCUT2D eigenvalue weighted by Gasteiger charge is 2.61. The highest BCUT2D eigenvalue weighted by Crippen LogP contribution is 2.50. The van der Waals surface area contributed by atoms with Gasteiger partial charge in [0.25, 0.3) is 0 Å². The van der Waals surface area contributed by atoms with E-state index in [4.69, 9.17) is 15.2 Å². The zero-order valence-corrected chi connectivity index (χ0v) is 15.0. The quantitative estimate of drug-likeness (QED) is 0.603. The number of hydrogen-bond acceptors (Lipinski definition) is 8. The molecule has 28 heavy (non-hydrogen) atoms. The van der Waals surface area contributed by atoms with Gasteiger partial charge in [0.05, 0.1) is 19.0 Å². The Hall–Kier alpha value is -2.59. The minimum absolute atomic E-state index is 0.0293. The molecule has 1 aliphatic carbocycles. The minimum atomic E-state index is -1.11. The summed E-state index contributed by atoms with van der Waals surface area (Å²) < 4.78 is 13.6. The number of anilines is 1. The fraction of sp³-hybridized carbons (Fsp3) is 0.421. The Kier molecular flexibility index (Phi) is 4.06. The van der Waals surface area contributed by atoms with Gasteiger partial charge in [-0.25, -0.2) is 15.0 Å². The highest BCUT2D eigenvalue weighted by molar-refractivity contribution is 5.81. The molecule has 2 aromatic heterocycles. The van der Waals surface area contributed by atoms with Crippen LogP contribution in [0.25, 0.3) is 11.2 Å². The van der Waals surface area contributed by atoms with Gasteiger partial charge in [-0.1, -0.05) is 30.3 Å². The third kappa shape index (κ3) is 2.67. The molecule has 2 fully saturated rings. The first kappa shape index (κ1) is 17.5. The Morgan fingerprint density at radius 2 is 1.96 bits per heavy atom. The molecule has 3 atom stereocenters. The van der Waals surface area contributed by atoms with E-state index in [1.54, 1.807) is 4.57 Å². The van der Waals surface area contributed by atoms with E-state index < -0.39 is 24.0 Å². The molecule has 5 rings (SSSR count). The van der Waals surface area contributed by atoms with Crippen LogP contribution >= 0.6 is 0 Å². The van der Waals surface area contributed by atoms with E-state index in [2.05, 4.69) is 15.0 Å². The molecule has 0 bridgehead atoms. The van der Waals surface area contributed by atoms with Gasteiger partial charge in [0, 0.05) is 12.8 Å². The number of aliphatic hydroxyl groups is 2. The van der Waals surface area contributed by atoms with Crippen molar-refractivity contribution in [1.82, 2.24) is 19.5 Å². The Balaban J connectivity index is 1.30. The van der Waals surface area contributed by atoms with Crippen LogP contribution in [0.2, 0.25) is 0 Å². The molecule has 1 spiro atoms. The van der Waals surface area contributed by atoms with Gasteiger partial charge in [-0.05, 0) is 5.56 Å². The summed E-state index contributed by atoms with van der Waals surface area (Å²) in [6.07, 6.45) is 0.894. The average Bonchev–Trinajstić information content (AvgIpc) is 3.22. The summed E-state index contributed by atoms with van der Waals surface area (Å²) in [6, 6.07) is 9.92. The van der Waals surface area contributed by atoms with Crippen LogP contribution < -0.4 is 5.73 Å². The smallest absolute Gasteiger partial charge is 0.167 e. The summed E-state index contributed by atoms with van der Waals surface area (Å²) in [7, 11) is 0. The number of nitrogen functional groups attached to an aromatic ring is 1. The number of nitrogens with two attached hydrogens (primary N) is 1. The lowest BCUT2D eigenvalue weighted by atomic mass is 9.73. The summed E-state index contributed by atoms with van der Waals surface area (Å²) >= 11 is 0. The van der Waals surface area contributed by atoms with E-state index in [0.717, 1.165) is 5.56 Å². The van der Waals surface area contributed by atoms with Crippen molar-refractivity contribution in [3.8, 4) is 0 Å². The molecule has 3 aromatic rings. The average molecular weight is 383 g/mol. The predicted molar refractivity (Wildman–Crippen MR) is 98.9 cm³/mol. The van der Waals surface area contributed by atoms with Gasteiger partial charge in [-0.15, -0.1) is 0 Å². The zero-order valence-electron chi connectivity index (χ0n) is 15.0. The van der Waals surface area contributed by atoms with Gasteiger partial charge in [0.15, 0.2) is 17.7 Å². The van der Waals surface area contributed by atoms with Crippen LogP contribution in [0.15, 0.2) is 43.0 Å². The maximum absolute atomic E-state index is 10.6. The second-order valence-corrected chi connectivity index (χ2v) is 7.42. The van der Waals surface area contributed by atoms with Crippen LogP contribution in [0.1, 0.15) is 24.6 Å². The standard InChI is InChI=1S/C19H21N5O4/c20-16-13-17(22-9-21-16)24(10-23-13)18-14(25)15(26)19(28-18)6-12(7-19)27-8-11-4-2-1-3-5-11/h1-5,9-10,12,14-15,18,25-26H,6-8H2,(H2,20,21,22)/t12?,14-,15+,18-,19?/m1/s1. The molecule has 0 amide bonds. The van der Waals surface area contributed by atoms with Gasteiger partial charge in [0.2, 0.25) is 0 Å². The van der Waals surface area contributed by atoms with Crippen molar-refractivity contribution in [2.45, 2.75) is 49.6 Å². The van der Waals surface area contributed by atoms with Crippen LogP contribution in [-0.2, 0) is 16.1 Å². The molecule has 3 heterocycles. The van der Waals surface area contributed by atoms with Gasteiger partial charge in [-0.3, -0.25) is 4.57 Å². The van der Waals surface area contributed by atoms with E-state index >= 15 is 0 Å². The second-order valence-electron chi connectivity index (χ2n) is 7.42. The van der Waals surface area contributed by atoms with Crippen molar-refractivity contribution >= 4 is 17.0 Å². The maximum Gasteiger partial charge on any atom is 0.167 e. The minimum Gasteiger partial charge on any atom is -0.387 e. The molecule has 2 aliphatic rings. The van der Waals surface area contributed by atoms with Crippen LogP contribution in [0.3, 0.4) is 0 Å². The largest absolute Gasteiger partial charge is 0.387 e. The van der Waals surface area contributed by atoms with Gasteiger partial charge < -0.3 is 25.4 Å². The summed E-state index contributed by atoms with van der Waals surface area (Å²) in [6.45, 7) is 0.506. The van der Waals surface area contributed by atoms with Crippen LogP contribution in [0, 0.1) is 0 Å². The molecule has 1 saturated carbocycles. The molecule has 1 aromatic carbocycles. The molecule has 9 heteroatoms. The molecule has 0 unspecified atom stereocenters. The van der Waals surface area contributed by atoms with Crippen LogP contribution in [-0.4, -0.2) is 53.6 Å². The number of aliphatic hydroxyl groups excluding tert-OH is 2. The zero-order chi connectivity index (χ0) is 19.3. The Morgan fingerprint density at radius 3 is 2.75 bits per heavy atom. The number of rotatable bonds is 4. The lowest BCUT2D eigenvalue weighted by Gasteiger charge is -2.45. The first-order valence-corrected chi connectivity index (χ1v) is 9.20. The van der Waals surface area contributed by atoms with Crippen LogP contribution in [0.5, 0.6) is 0 Å². The lowest BCUT2D eigenvalue weighted by Crippen LogP contribution is -2.56. The normalized spacial score (nSPS) is 32.1. The molecule has 9 nitrogen and oxygen atoms in total. The fourth-order valence-electron chi connectivity index (χ4n) is 4.08. The molecule has 146 valence electrons. The molecular weight excluding hydrogens is 362 g/mol. The summed E-state index contributed by atoms with van der Waals surface area (Å²) in [5, 5.41) is 21.3. The highest BCUT2D eigenvalue weighted by atomic mass is 16.6. The molecule has 0 radical (unpaired) electrons. The Bertz CT molecular complexity index is 988. The summed E-state index contributed by atoms with van der Waals surface area (Å²) in [4.78, 5) is 12.3. The summed E-state index contributed by atoms with van der Waals surface area (Å²) in [5.41, 5.74) is 6.98. The number of ether oxygens (including phenoxy) is 2. The van der Waals surface area contributed by atoms with E-state index in [1.807, 2.05) is 30.3 Å². The third-order valence-electron chi connectivity index (χ3n) is 5.65. The van der Waals surface area contributed by atoms with E-state index in [9.17, 15) is 10.2 Å². The number of aromatic nitrogens is 4. The van der Waals surface area contributed by atoms with Crippen LogP contribution in [0.4, 0.5) is 5.82 Å². The first-order valence-electron chi connectivity index (χ1n) is 9.20. The number of imidazole rings is 1. The van der Waals surface area contributed by atoms with Crippen molar-refractivity contribution in [1.29, 1.82) is 0 Å². The molecule has 4 N–H and O–H groups in total. The number of benzene rings is 1. The van der Waals surface area contributed by atoms with Crippen molar-refractivity contribution in [2.24, 2.45) is 0 Å². The number of nitrogens with zero attached hydrogens (tertiary/aromatic N) is 4. The SMILES string of the molecule is Nc1ncnc2c1ncn2[C@@H]1OC2(CC(OCc3ccccc3)C2)[C@@H](O)[C@H]1O. The monoisotopic (exact) mass is 383 g/mol. The van der Waals surface area contributed by atoms with E-state index in [0.29, 0.717) is 30.6 Å². The molecule has 1 aliphatic heterocycles. The van der Waals surface area contributed by atoms with E-state index in [-0.39, 0.29) is 11.9 Å². The van der Waals surface area contributed by atoms with Crippen molar-refractivity contribution in [3.63, 3.8) is 0 Å². The Labute approximate surface area is 160 Å². The number of fused-ring (bicyclic) bond motifs is 1.